The summed E-state index contributed by atoms with van der Waals surface area (Å²) in [5, 5.41) is 21.5. The number of rotatable bonds is 4. The number of benzene rings is 1. The number of hydrogen-bond donors (Lipinski definition) is 2. The Morgan fingerprint density at radius 2 is 2.25 bits per heavy atom. The van der Waals surface area contributed by atoms with Gasteiger partial charge >= 0.3 is 5.97 Å². The molecule has 1 aromatic carbocycles. The number of carboxylic acids is 1. The van der Waals surface area contributed by atoms with E-state index in [0.717, 1.165) is 9.77 Å². The molecule has 0 aliphatic carbocycles. The number of carboxylic acid groups (broad SMARTS) is 1. The topological polar surface area (TPSA) is 92.5 Å². The first-order valence-electron chi connectivity index (χ1n) is 4.10. The van der Waals surface area contributed by atoms with E-state index >= 15 is 0 Å². The van der Waals surface area contributed by atoms with Crippen LogP contribution in [0.1, 0.15) is 10.4 Å². The third kappa shape index (κ3) is 3.50. The molecule has 1 aromatic rings. The minimum Gasteiger partial charge on any atom is -0.478 e. The predicted molar refractivity (Wildman–Crippen MR) is 65.9 cm³/mol. The number of nitrogens with zero attached hydrogens (tertiary/aromatic N) is 1. The van der Waals surface area contributed by atoms with E-state index < -0.39 is 10.9 Å². The second kappa shape index (κ2) is 5.45. The number of anilines is 1. The maximum absolute atomic E-state index is 10.9. The Bertz CT molecular complexity index is 459. The van der Waals surface area contributed by atoms with Gasteiger partial charge in [-0.25, -0.2) is 4.79 Å². The zero-order valence-electron chi connectivity index (χ0n) is 7.88. The van der Waals surface area contributed by atoms with Crippen LogP contribution in [0.2, 0.25) is 0 Å². The van der Waals surface area contributed by atoms with Gasteiger partial charge in [-0.15, -0.1) is 0 Å². The normalized spacial score (nSPS) is 10.3. The summed E-state index contributed by atoms with van der Waals surface area (Å²) in [6, 6.07) is 4.73. The van der Waals surface area contributed by atoms with Crippen molar-refractivity contribution in [3.05, 3.63) is 49.8 Å². The first-order chi connectivity index (χ1) is 7.50. The second-order valence-corrected chi connectivity index (χ2v) is 3.99. The van der Waals surface area contributed by atoms with Crippen LogP contribution >= 0.6 is 22.6 Å². The maximum Gasteiger partial charge on any atom is 0.337 e. The smallest absolute Gasteiger partial charge is 0.337 e. The van der Waals surface area contributed by atoms with Gasteiger partial charge in [-0.2, -0.15) is 0 Å². The molecule has 0 atom stereocenters. The molecule has 0 amide bonds. The minimum absolute atomic E-state index is 0.0693. The minimum atomic E-state index is -1.09. The molecule has 0 spiro atoms. The molecule has 7 heteroatoms. The largest absolute Gasteiger partial charge is 0.478 e. The highest BCUT2D eigenvalue weighted by molar-refractivity contribution is 14.1. The molecule has 0 saturated heterocycles. The summed E-state index contributed by atoms with van der Waals surface area (Å²) in [6.07, 6.45) is 1.78. The molecule has 2 N–H and O–H groups in total. The monoisotopic (exact) mass is 334 g/mol. The van der Waals surface area contributed by atoms with E-state index in [4.69, 9.17) is 5.11 Å². The van der Waals surface area contributed by atoms with E-state index in [9.17, 15) is 14.9 Å². The van der Waals surface area contributed by atoms with Crippen LogP contribution < -0.4 is 5.32 Å². The highest BCUT2D eigenvalue weighted by Crippen LogP contribution is 2.18. The van der Waals surface area contributed by atoms with Gasteiger partial charge in [-0.05, 0) is 40.8 Å². The van der Waals surface area contributed by atoms with Crippen LogP contribution in [0.25, 0.3) is 0 Å². The Morgan fingerprint density at radius 3 is 2.81 bits per heavy atom. The molecule has 6 nitrogen and oxygen atoms in total. The average Bonchev–Trinajstić information content (AvgIpc) is 2.19. The van der Waals surface area contributed by atoms with Crippen molar-refractivity contribution in [1.82, 2.24) is 0 Å². The summed E-state index contributed by atoms with van der Waals surface area (Å²) in [4.78, 5) is 20.3. The molecule has 0 bridgehead atoms. The number of nitrogens with one attached hydrogen (secondary N) is 1. The van der Waals surface area contributed by atoms with Gasteiger partial charge in [-0.1, -0.05) is 0 Å². The van der Waals surface area contributed by atoms with Crippen LogP contribution in [0.4, 0.5) is 5.69 Å². The van der Waals surface area contributed by atoms with E-state index in [-0.39, 0.29) is 5.56 Å². The molecule has 1 rings (SSSR count). The number of carbonyl (C=O) groups is 1. The molecule has 0 aromatic heterocycles. The van der Waals surface area contributed by atoms with Crippen molar-refractivity contribution in [3.63, 3.8) is 0 Å². The van der Waals surface area contributed by atoms with E-state index in [2.05, 4.69) is 5.32 Å². The Morgan fingerprint density at radius 1 is 1.56 bits per heavy atom. The lowest BCUT2D eigenvalue weighted by Gasteiger charge is -2.05. The Balaban J connectivity index is 2.95. The van der Waals surface area contributed by atoms with Gasteiger partial charge in [0, 0.05) is 3.57 Å². The summed E-state index contributed by atoms with van der Waals surface area (Å²) in [7, 11) is 0. The van der Waals surface area contributed by atoms with Gasteiger partial charge in [0.05, 0.1) is 22.4 Å². The van der Waals surface area contributed by atoms with Crippen molar-refractivity contribution in [2.75, 3.05) is 5.32 Å². The van der Waals surface area contributed by atoms with Crippen LogP contribution in [0.3, 0.4) is 0 Å². The molecule has 0 aliphatic heterocycles. The first kappa shape index (κ1) is 12.4. The lowest BCUT2D eigenvalue weighted by Crippen LogP contribution is -2.03. The van der Waals surface area contributed by atoms with Crippen LogP contribution in [-0.4, -0.2) is 16.0 Å². The van der Waals surface area contributed by atoms with Crippen molar-refractivity contribution in [2.45, 2.75) is 0 Å². The molecule has 0 saturated carbocycles. The highest BCUT2D eigenvalue weighted by Gasteiger charge is 2.09. The molecule has 0 radical (unpaired) electrons. The summed E-state index contributed by atoms with van der Waals surface area (Å²) >= 11 is 1.99. The van der Waals surface area contributed by atoms with Crippen LogP contribution in [0.15, 0.2) is 30.6 Å². The first-order valence-corrected chi connectivity index (χ1v) is 5.18. The zero-order chi connectivity index (χ0) is 12.1. The van der Waals surface area contributed by atoms with E-state index in [1.54, 1.807) is 12.1 Å². The van der Waals surface area contributed by atoms with E-state index in [1.165, 1.54) is 6.07 Å². The van der Waals surface area contributed by atoms with Gasteiger partial charge < -0.3 is 10.4 Å². The van der Waals surface area contributed by atoms with Crippen molar-refractivity contribution >= 4 is 34.2 Å². The fourth-order valence-electron chi connectivity index (χ4n) is 1.01. The average molecular weight is 334 g/mol. The summed E-state index contributed by atoms with van der Waals surface area (Å²) in [5.41, 5.74) is 0.380. The maximum atomic E-state index is 10.9. The summed E-state index contributed by atoms with van der Waals surface area (Å²) in [6.45, 7) is 0. The van der Waals surface area contributed by atoms with Crippen molar-refractivity contribution < 1.29 is 14.8 Å². The summed E-state index contributed by atoms with van der Waals surface area (Å²) < 4.78 is 0.777. The molecule has 0 heterocycles. The molecule has 84 valence electrons. The number of nitro groups is 1. The summed E-state index contributed by atoms with van der Waals surface area (Å²) in [5.74, 6) is -1.09. The number of hydrogen-bond acceptors (Lipinski definition) is 4. The molecular formula is C9H7IN2O4. The molecule has 0 fully saturated rings. The van der Waals surface area contributed by atoms with E-state index in [0.29, 0.717) is 11.9 Å². The third-order valence-electron chi connectivity index (χ3n) is 1.65. The molecular weight excluding hydrogens is 327 g/mol. The van der Waals surface area contributed by atoms with Gasteiger partial charge in [0.1, 0.15) is 0 Å². The van der Waals surface area contributed by atoms with Crippen LogP contribution in [0, 0.1) is 13.7 Å². The Kier molecular flexibility index (Phi) is 4.23. The Hall–Kier alpha value is -1.64. The molecule has 0 aliphatic rings. The van der Waals surface area contributed by atoms with Crippen molar-refractivity contribution in [1.29, 1.82) is 0 Å². The number of halogens is 1. The fraction of sp³-hybridized carbons (Fsp3) is 0. The SMILES string of the molecule is O=C(O)c1cc(I)ccc1NC=C[N+](=O)[O-]. The zero-order valence-corrected chi connectivity index (χ0v) is 10.0. The lowest BCUT2D eigenvalue weighted by atomic mass is 10.2. The van der Waals surface area contributed by atoms with Gasteiger partial charge in [-0.3, -0.25) is 10.1 Å². The molecule has 16 heavy (non-hydrogen) atoms. The number of aromatic carboxylic acids is 1. The van der Waals surface area contributed by atoms with Crippen LogP contribution in [-0.2, 0) is 0 Å². The molecule has 0 unspecified atom stereocenters. The quantitative estimate of drug-likeness (QED) is 0.500. The highest BCUT2D eigenvalue weighted by atomic mass is 127. The van der Waals surface area contributed by atoms with E-state index in [1.807, 2.05) is 22.6 Å². The predicted octanol–water partition coefficient (Wildman–Crippen LogP) is 2.15. The Labute approximate surface area is 104 Å². The third-order valence-corrected chi connectivity index (χ3v) is 2.32. The second-order valence-electron chi connectivity index (χ2n) is 2.74. The lowest BCUT2D eigenvalue weighted by molar-refractivity contribution is -0.402. The van der Waals surface area contributed by atoms with Gasteiger partial charge in [0.2, 0.25) is 6.20 Å². The fourth-order valence-corrected chi connectivity index (χ4v) is 1.50. The van der Waals surface area contributed by atoms with Gasteiger partial charge in [0.15, 0.2) is 0 Å². The standard InChI is InChI=1S/C9H7IN2O4/c10-6-1-2-8(7(5-6)9(13)14)11-3-4-12(15)16/h1-5,11H,(H,13,14). The van der Waals surface area contributed by atoms with Crippen molar-refractivity contribution in [2.24, 2.45) is 0 Å². The van der Waals surface area contributed by atoms with Crippen molar-refractivity contribution in [3.8, 4) is 0 Å². The van der Waals surface area contributed by atoms with Gasteiger partial charge in [0.25, 0.3) is 0 Å². The van der Waals surface area contributed by atoms with Crippen LogP contribution in [0.5, 0.6) is 0 Å².